The molecule has 0 aliphatic heterocycles. The predicted octanol–water partition coefficient (Wildman–Crippen LogP) is 6.41. The van der Waals surface area contributed by atoms with Crippen molar-refractivity contribution in [3.8, 4) is 16.9 Å². The molecule has 0 spiro atoms. The Balaban J connectivity index is 2.18. The van der Waals surface area contributed by atoms with Crippen molar-refractivity contribution in [1.82, 2.24) is 4.72 Å². The quantitative estimate of drug-likeness (QED) is 0.246. The van der Waals surface area contributed by atoms with Gasteiger partial charge in [0.05, 0.1) is 29.1 Å². The Morgan fingerprint density at radius 3 is 2.44 bits per heavy atom. The van der Waals surface area contributed by atoms with E-state index in [-0.39, 0.29) is 22.7 Å². The van der Waals surface area contributed by atoms with Crippen LogP contribution in [-0.2, 0) is 21.4 Å². The van der Waals surface area contributed by atoms with E-state index in [9.17, 15) is 13.2 Å². The maximum Gasteiger partial charge on any atom is 0.240 e. The molecule has 192 valence electrons. The highest BCUT2D eigenvalue weighted by atomic mass is 79.9. The highest BCUT2D eigenvalue weighted by Gasteiger charge is 2.24. The normalized spacial score (nSPS) is 11.3. The molecule has 3 aromatic carbocycles. The van der Waals surface area contributed by atoms with Crippen molar-refractivity contribution in [2.45, 2.75) is 38.1 Å². The van der Waals surface area contributed by atoms with Crippen molar-refractivity contribution < 1.29 is 17.9 Å². The van der Waals surface area contributed by atoms with Crippen LogP contribution in [0.25, 0.3) is 11.1 Å². The van der Waals surface area contributed by atoms with Crippen molar-refractivity contribution in [3.63, 3.8) is 0 Å². The molecule has 0 bridgehead atoms. The Morgan fingerprint density at radius 1 is 1.03 bits per heavy atom. The highest BCUT2D eigenvalue weighted by molar-refractivity contribution is 9.09. The molecule has 0 saturated carbocycles. The average Bonchev–Trinajstić information content (AvgIpc) is 2.89. The van der Waals surface area contributed by atoms with Gasteiger partial charge >= 0.3 is 0 Å². The van der Waals surface area contributed by atoms with Crippen LogP contribution in [0.4, 0.5) is 5.69 Å². The number of carbonyl (C=O) groups excluding carboxylic acids is 1. The summed E-state index contributed by atoms with van der Waals surface area (Å²) < 4.78 is 34.5. The van der Waals surface area contributed by atoms with Gasteiger partial charge in [-0.3, -0.25) is 4.79 Å². The fourth-order valence-electron chi connectivity index (χ4n) is 3.66. The molecule has 3 rings (SSSR count). The van der Waals surface area contributed by atoms with Gasteiger partial charge in [0.1, 0.15) is 5.75 Å². The van der Waals surface area contributed by atoms with Gasteiger partial charge in [-0.1, -0.05) is 77.8 Å². The van der Waals surface area contributed by atoms with Gasteiger partial charge in [-0.15, -0.1) is 0 Å². The molecule has 1 amide bonds. The van der Waals surface area contributed by atoms with Gasteiger partial charge in [0.2, 0.25) is 15.9 Å². The zero-order valence-electron chi connectivity index (χ0n) is 20.3. The first kappa shape index (κ1) is 28.2. The first-order chi connectivity index (χ1) is 17.3. The first-order valence-electron chi connectivity index (χ1n) is 11.8. The van der Waals surface area contributed by atoms with Gasteiger partial charge in [0.15, 0.2) is 0 Å². The summed E-state index contributed by atoms with van der Waals surface area (Å²) in [5.41, 5.74) is 2.80. The zero-order valence-corrected chi connectivity index (χ0v) is 23.5. The minimum atomic E-state index is -3.76. The lowest BCUT2D eigenvalue weighted by atomic mass is 10.0. The van der Waals surface area contributed by atoms with E-state index in [1.54, 1.807) is 41.3 Å². The summed E-state index contributed by atoms with van der Waals surface area (Å²) in [6.45, 7) is 4.90. The van der Waals surface area contributed by atoms with Gasteiger partial charge in [0, 0.05) is 22.7 Å². The molecule has 9 heteroatoms. The summed E-state index contributed by atoms with van der Waals surface area (Å²) >= 11 is 9.59. The number of sulfonamides is 1. The molecule has 36 heavy (non-hydrogen) atoms. The summed E-state index contributed by atoms with van der Waals surface area (Å²) in [6, 6.07) is 19.7. The standard InChI is InChI=1S/C27H30BrClN2O4S/c1-3-14-30-36(33,34)23-11-12-24(20-8-6-5-7-9-20)25(17-23)31(27(32)18-28)19-21-16-22(29)10-13-26(21)35-15-4-2/h5-13,16-17,30H,3-4,14-15,18-19H2,1-2H3. The summed E-state index contributed by atoms with van der Waals surface area (Å²) in [7, 11) is -3.76. The van der Waals surface area contributed by atoms with Gasteiger partial charge in [0.25, 0.3) is 0 Å². The Bertz CT molecular complexity index is 1290. The SMILES string of the molecule is CCCNS(=O)(=O)c1ccc(-c2ccccc2)c(N(Cc2cc(Cl)ccc2OCCC)C(=O)CBr)c1. The van der Waals surface area contributed by atoms with Crippen LogP contribution in [0.15, 0.2) is 71.6 Å². The topological polar surface area (TPSA) is 75.7 Å². The van der Waals surface area contributed by atoms with E-state index in [2.05, 4.69) is 20.7 Å². The lowest BCUT2D eigenvalue weighted by Gasteiger charge is -2.27. The number of rotatable bonds is 12. The van der Waals surface area contributed by atoms with E-state index in [4.69, 9.17) is 16.3 Å². The van der Waals surface area contributed by atoms with Crippen molar-refractivity contribution in [3.05, 3.63) is 77.3 Å². The fourth-order valence-corrected chi connectivity index (χ4v) is 5.31. The number of nitrogens with one attached hydrogen (secondary N) is 1. The molecule has 0 unspecified atom stereocenters. The molecule has 0 aromatic heterocycles. The molecule has 0 aliphatic carbocycles. The van der Waals surface area contributed by atoms with E-state index in [0.717, 1.165) is 23.1 Å². The molecule has 3 aromatic rings. The summed E-state index contributed by atoms with van der Waals surface area (Å²) in [4.78, 5) is 14.9. The van der Waals surface area contributed by atoms with E-state index >= 15 is 0 Å². The average molecular weight is 594 g/mol. The Labute approximate surface area is 226 Å². The van der Waals surface area contributed by atoms with Crippen molar-refractivity contribution in [1.29, 1.82) is 0 Å². The highest BCUT2D eigenvalue weighted by Crippen LogP contribution is 2.36. The zero-order chi connectivity index (χ0) is 26.1. The number of halogens is 2. The largest absolute Gasteiger partial charge is 0.493 e. The minimum Gasteiger partial charge on any atom is -0.493 e. The molecule has 0 saturated heterocycles. The summed E-state index contributed by atoms with van der Waals surface area (Å²) in [5.74, 6) is 0.396. The van der Waals surface area contributed by atoms with Gasteiger partial charge in [-0.25, -0.2) is 13.1 Å². The van der Waals surface area contributed by atoms with Gasteiger partial charge in [-0.2, -0.15) is 0 Å². The second kappa shape index (κ2) is 13.2. The third-order valence-corrected chi connectivity index (χ3v) is 7.60. The number of hydrogen-bond acceptors (Lipinski definition) is 4. The van der Waals surface area contributed by atoms with Crippen LogP contribution in [0, 0.1) is 0 Å². The monoisotopic (exact) mass is 592 g/mol. The lowest BCUT2D eigenvalue weighted by Crippen LogP contribution is -2.32. The number of hydrogen-bond donors (Lipinski definition) is 1. The van der Waals surface area contributed by atoms with E-state index in [0.29, 0.717) is 36.0 Å². The van der Waals surface area contributed by atoms with Crippen molar-refractivity contribution in [2.75, 3.05) is 23.4 Å². The maximum absolute atomic E-state index is 13.3. The minimum absolute atomic E-state index is 0.0536. The third kappa shape index (κ3) is 7.09. The van der Waals surface area contributed by atoms with Crippen LogP contribution in [0.2, 0.25) is 5.02 Å². The number of amides is 1. The van der Waals surface area contributed by atoms with Crippen LogP contribution >= 0.6 is 27.5 Å². The maximum atomic E-state index is 13.3. The lowest BCUT2D eigenvalue weighted by molar-refractivity contribution is -0.116. The van der Waals surface area contributed by atoms with Crippen molar-refractivity contribution >= 4 is 49.1 Å². The molecular weight excluding hydrogens is 564 g/mol. The second-order valence-electron chi connectivity index (χ2n) is 8.16. The number of alkyl halides is 1. The van der Waals surface area contributed by atoms with E-state index < -0.39 is 10.0 Å². The molecule has 0 fully saturated rings. The summed E-state index contributed by atoms with van der Waals surface area (Å²) in [5, 5.41) is 0.571. The fraction of sp³-hybridized carbons (Fsp3) is 0.296. The van der Waals surface area contributed by atoms with Crippen LogP contribution in [0.5, 0.6) is 5.75 Å². The number of ether oxygens (including phenoxy) is 1. The Kier molecular flexibility index (Phi) is 10.4. The molecule has 0 atom stereocenters. The first-order valence-corrected chi connectivity index (χ1v) is 14.8. The van der Waals surface area contributed by atoms with Crippen molar-refractivity contribution in [2.24, 2.45) is 0 Å². The molecular formula is C27H30BrClN2O4S. The third-order valence-electron chi connectivity index (χ3n) is 5.43. The second-order valence-corrected chi connectivity index (χ2v) is 10.9. The van der Waals surface area contributed by atoms with Crippen LogP contribution < -0.4 is 14.4 Å². The van der Waals surface area contributed by atoms with Gasteiger partial charge in [-0.05, 0) is 48.7 Å². The smallest absolute Gasteiger partial charge is 0.240 e. The molecule has 0 aliphatic rings. The molecule has 0 radical (unpaired) electrons. The van der Waals surface area contributed by atoms with Gasteiger partial charge < -0.3 is 9.64 Å². The number of carbonyl (C=O) groups is 1. The predicted molar refractivity (Wildman–Crippen MR) is 150 cm³/mol. The molecule has 0 heterocycles. The number of anilines is 1. The van der Waals surface area contributed by atoms with Crippen LogP contribution in [0.1, 0.15) is 32.3 Å². The molecule has 1 N–H and O–H groups in total. The number of nitrogens with zero attached hydrogens (tertiary/aromatic N) is 1. The Morgan fingerprint density at radius 2 is 1.78 bits per heavy atom. The molecule has 6 nitrogen and oxygen atoms in total. The number of benzene rings is 3. The van der Waals surface area contributed by atoms with Crippen LogP contribution in [0.3, 0.4) is 0 Å². The summed E-state index contributed by atoms with van der Waals surface area (Å²) in [6.07, 6.45) is 1.49. The van der Waals surface area contributed by atoms with Crippen LogP contribution in [-0.4, -0.2) is 32.8 Å². The van der Waals surface area contributed by atoms with E-state index in [1.165, 1.54) is 0 Å². The Hall–Kier alpha value is -2.39. The van der Waals surface area contributed by atoms with E-state index in [1.807, 2.05) is 44.2 Å².